The van der Waals surface area contributed by atoms with Gasteiger partial charge in [0, 0.05) is 17.3 Å². The van der Waals surface area contributed by atoms with Crippen molar-refractivity contribution in [2.24, 2.45) is 0 Å². The van der Waals surface area contributed by atoms with E-state index in [0.717, 1.165) is 0 Å². The molecule has 0 radical (unpaired) electrons. The van der Waals surface area contributed by atoms with Crippen molar-refractivity contribution >= 4 is 32.9 Å². The van der Waals surface area contributed by atoms with Gasteiger partial charge in [-0.05, 0) is 67.6 Å². The summed E-state index contributed by atoms with van der Waals surface area (Å²) in [6.45, 7) is 0. The Hall–Kier alpha value is -4.88. The Bertz CT molecular complexity index is 1850. The molecule has 184 valence electrons. The zero-order valence-electron chi connectivity index (χ0n) is 21.5. The molecule has 0 amide bonds. The molecule has 8 rings (SSSR count). The lowest BCUT2D eigenvalue weighted by Crippen LogP contribution is -2.28. The van der Waals surface area contributed by atoms with E-state index in [1.54, 1.807) is 0 Å². The first-order chi connectivity index (χ1) is 19.4. The van der Waals surface area contributed by atoms with Gasteiger partial charge in [0.1, 0.15) is 0 Å². The summed E-state index contributed by atoms with van der Waals surface area (Å²) in [6.07, 6.45) is 9.03. The molecule has 0 saturated carbocycles. The summed E-state index contributed by atoms with van der Waals surface area (Å²) in [5, 5.41) is 5.15. The summed E-state index contributed by atoms with van der Waals surface area (Å²) in [5.41, 5.74) is 9.04. The van der Waals surface area contributed by atoms with E-state index in [0.29, 0.717) is 12.0 Å². The average molecular weight is 498 g/mol. The number of nitrogens with zero attached hydrogens (tertiary/aromatic N) is 1. The van der Waals surface area contributed by atoms with Crippen molar-refractivity contribution in [2.75, 3.05) is 4.90 Å². The average Bonchev–Trinajstić information content (AvgIpc) is 3.35. The van der Waals surface area contributed by atoms with Gasteiger partial charge in [0.25, 0.3) is 0 Å². The van der Waals surface area contributed by atoms with Crippen LogP contribution in [0.25, 0.3) is 43.8 Å². The summed E-state index contributed by atoms with van der Waals surface area (Å²) in [7, 11) is 0. The van der Waals surface area contributed by atoms with E-state index in [9.17, 15) is 0 Å². The molecule has 0 saturated heterocycles. The van der Waals surface area contributed by atoms with E-state index < -0.39 is 0 Å². The van der Waals surface area contributed by atoms with Crippen LogP contribution in [-0.2, 0) is 0 Å². The molecular formula is C38H27N. The third-order valence-corrected chi connectivity index (χ3v) is 8.39. The maximum atomic E-state index is 2.50. The Morgan fingerprint density at radius 2 is 0.949 bits per heavy atom. The molecule has 0 spiro atoms. The van der Waals surface area contributed by atoms with Crippen molar-refractivity contribution in [2.45, 2.75) is 12.0 Å². The maximum Gasteiger partial charge on any atom is 0.0629 e. The van der Waals surface area contributed by atoms with Crippen LogP contribution in [0, 0.1) is 0 Å². The van der Waals surface area contributed by atoms with Crippen molar-refractivity contribution in [3.05, 3.63) is 157 Å². The molecular weight excluding hydrogens is 470 g/mol. The second-order valence-electron chi connectivity index (χ2n) is 10.5. The summed E-state index contributed by atoms with van der Waals surface area (Å²) in [6, 6.07) is 46.9. The fraction of sp³-hybridized carbons (Fsp3) is 0.0526. The van der Waals surface area contributed by atoms with E-state index in [1.165, 1.54) is 60.7 Å². The van der Waals surface area contributed by atoms with E-state index in [2.05, 4.69) is 157 Å². The summed E-state index contributed by atoms with van der Waals surface area (Å²) >= 11 is 0. The molecule has 6 aromatic rings. The van der Waals surface area contributed by atoms with Gasteiger partial charge in [-0.15, -0.1) is 0 Å². The van der Waals surface area contributed by atoms with E-state index in [-0.39, 0.29) is 0 Å². The molecule has 0 aromatic heterocycles. The predicted octanol–water partition coefficient (Wildman–Crippen LogP) is 10.1. The quantitative estimate of drug-likeness (QED) is 0.220. The molecule has 2 aliphatic rings. The molecule has 0 fully saturated rings. The van der Waals surface area contributed by atoms with Crippen molar-refractivity contribution < 1.29 is 0 Å². The minimum atomic E-state index is 0.310. The van der Waals surface area contributed by atoms with Gasteiger partial charge in [0.15, 0.2) is 0 Å². The van der Waals surface area contributed by atoms with Crippen LogP contribution in [0.15, 0.2) is 152 Å². The van der Waals surface area contributed by atoms with Crippen molar-refractivity contribution in [1.29, 1.82) is 0 Å². The Morgan fingerprint density at radius 3 is 1.59 bits per heavy atom. The molecule has 1 aliphatic carbocycles. The third-order valence-electron chi connectivity index (χ3n) is 8.39. The lowest BCUT2D eigenvalue weighted by molar-refractivity contribution is 0.745. The topological polar surface area (TPSA) is 3.24 Å². The second kappa shape index (κ2) is 8.85. The molecule has 1 nitrogen and oxygen atoms in total. The second-order valence-corrected chi connectivity index (χ2v) is 10.5. The minimum absolute atomic E-state index is 0.310. The van der Waals surface area contributed by atoms with Gasteiger partial charge in [0.2, 0.25) is 0 Å². The Kier molecular flexibility index (Phi) is 5.03. The van der Waals surface area contributed by atoms with Gasteiger partial charge in [-0.2, -0.15) is 0 Å². The summed E-state index contributed by atoms with van der Waals surface area (Å²) in [5.74, 6) is 0.393. The van der Waals surface area contributed by atoms with Crippen LogP contribution in [0.5, 0.6) is 0 Å². The molecule has 2 unspecified atom stereocenters. The standard InChI is InChI=1S/C38H27N/c1-2-12-26(13-3-1)37-31-16-4-6-18-33(31)38(34-19-7-5-17-32(34)37)27-22-24-28(25-23-27)39-35-20-10-8-14-29(35)30-15-9-11-21-36(30)39/h1-25,29,35H. The van der Waals surface area contributed by atoms with Gasteiger partial charge >= 0.3 is 0 Å². The van der Waals surface area contributed by atoms with Crippen molar-refractivity contribution in [1.82, 2.24) is 0 Å². The highest BCUT2D eigenvalue weighted by atomic mass is 15.2. The number of allylic oxidation sites excluding steroid dienone is 2. The normalized spacial score (nSPS) is 17.5. The van der Waals surface area contributed by atoms with Crippen LogP contribution in [-0.4, -0.2) is 6.04 Å². The lowest BCUT2D eigenvalue weighted by atomic mass is 9.86. The Morgan fingerprint density at radius 1 is 0.436 bits per heavy atom. The van der Waals surface area contributed by atoms with Gasteiger partial charge in [0.05, 0.1) is 6.04 Å². The number of benzene rings is 6. The number of anilines is 2. The van der Waals surface area contributed by atoms with Crippen LogP contribution < -0.4 is 4.90 Å². The number of rotatable bonds is 3. The number of para-hydroxylation sites is 1. The first kappa shape index (κ1) is 22.1. The third kappa shape index (κ3) is 3.40. The predicted molar refractivity (Wildman–Crippen MR) is 166 cm³/mol. The fourth-order valence-corrected chi connectivity index (χ4v) is 6.73. The Labute approximate surface area is 229 Å². The molecule has 2 atom stereocenters. The van der Waals surface area contributed by atoms with Gasteiger partial charge < -0.3 is 4.90 Å². The molecule has 1 heterocycles. The molecule has 1 aliphatic heterocycles. The van der Waals surface area contributed by atoms with E-state index >= 15 is 0 Å². The van der Waals surface area contributed by atoms with Crippen LogP contribution >= 0.6 is 0 Å². The van der Waals surface area contributed by atoms with Crippen LogP contribution in [0.1, 0.15) is 11.5 Å². The molecule has 0 bridgehead atoms. The molecule has 39 heavy (non-hydrogen) atoms. The zero-order valence-corrected chi connectivity index (χ0v) is 21.5. The number of fused-ring (bicyclic) bond motifs is 5. The fourth-order valence-electron chi connectivity index (χ4n) is 6.73. The zero-order chi connectivity index (χ0) is 25.8. The van der Waals surface area contributed by atoms with Crippen LogP contribution in [0.4, 0.5) is 11.4 Å². The highest BCUT2D eigenvalue weighted by molar-refractivity contribution is 6.21. The highest BCUT2D eigenvalue weighted by Gasteiger charge is 2.36. The molecule has 6 aromatic carbocycles. The number of hydrogen-bond donors (Lipinski definition) is 0. The maximum absolute atomic E-state index is 2.50. The summed E-state index contributed by atoms with van der Waals surface area (Å²) in [4.78, 5) is 2.50. The molecule has 0 N–H and O–H groups in total. The van der Waals surface area contributed by atoms with Crippen LogP contribution in [0.3, 0.4) is 0 Å². The first-order valence-corrected chi connectivity index (χ1v) is 13.7. The van der Waals surface area contributed by atoms with E-state index in [1.807, 2.05) is 0 Å². The van der Waals surface area contributed by atoms with Gasteiger partial charge in [-0.3, -0.25) is 0 Å². The van der Waals surface area contributed by atoms with Gasteiger partial charge in [-0.1, -0.05) is 133 Å². The lowest BCUT2D eigenvalue weighted by Gasteiger charge is -2.29. The summed E-state index contributed by atoms with van der Waals surface area (Å²) < 4.78 is 0. The molecule has 1 heteroatoms. The SMILES string of the molecule is C1=CC2c3ccccc3N(c3ccc(-c4c5ccccc5c(-c5ccccc5)c5ccccc45)cc3)C2C=C1. The highest BCUT2D eigenvalue weighted by Crippen LogP contribution is 2.48. The largest absolute Gasteiger partial charge is 0.333 e. The smallest absolute Gasteiger partial charge is 0.0629 e. The van der Waals surface area contributed by atoms with Gasteiger partial charge in [-0.25, -0.2) is 0 Å². The van der Waals surface area contributed by atoms with Crippen LogP contribution in [0.2, 0.25) is 0 Å². The van der Waals surface area contributed by atoms with E-state index in [4.69, 9.17) is 0 Å². The minimum Gasteiger partial charge on any atom is -0.333 e. The first-order valence-electron chi connectivity index (χ1n) is 13.7. The van der Waals surface area contributed by atoms with Crippen molar-refractivity contribution in [3.8, 4) is 22.3 Å². The Balaban J connectivity index is 1.31. The van der Waals surface area contributed by atoms with Crippen molar-refractivity contribution in [3.63, 3.8) is 0 Å². The monoisotopic (exact) mass is 497 g/mol. The number of hydrogen-bond acceptors (Lipinski definition) is 1.